The average molecular weight is 922 g/mol. The van der Waals surface area contributed by atoms with Crippen molar-refractivity contribution in [1.29, 1.82) is 0 Å². The zero-order valence-corrected chi connectivity index (χ0v) is 39.0. The van der Waals surface area contributed by atoms with E-state index in [1.165, 1.54) is 63.3 Å². The molecule has 6 heteroatoms. The van der Waals surface area contributed by atoms with Gasteiger partial charge in [0.1, 0.15) is 0 Å². The maximum absolute atomic E-state index is 5.53. The minimum absolute atomic E-state index is 0.605. The maximum Gasteiger partial charge on any atom is 0.164 e. The van der Waals surface area contributed by atoms with Gasteiger partial charge in [0.05, 0.1) is 22.1 Å². The third-order valence-corrected chi connectivity index (χ3v) is 15.5. The molecular formula is C65H39N5S. The topological polar surface area (TPSA) is 48.5 Å². The summed E-state index contributed by atoms with van der Waals surface area (Å²) in [5, 5.41) is 12.1. The van der Waals surface area contributed by atoms with Crippen molar-refractivity contribution < 1.29 is 0 Å². The number of thiophene rings is 1. The summed E-state index contributed by atoms with van der Waals surface area (Å²) in [6, 6.07) is 85.1. The van der Waals surface area contributed by atoms with E-state index in [1.807, 2.05) is 29.5 Å². The van der Waals surface area contributed by atoms with Crippen LogP contribution < -0.4 is 0 Å². The van der Waals surface area contributed by atoms with Crippen LogP contribution in [-0.2, 0) is 0 Å². The molecule has 15 aromatic rings. The number of para-hydroxylation sites is 3. The molecule has 0 radical (unpaired) electrons. The molecule has 330 valence electrons. The number of rotatable bonds is 6. The fourth-order valence-electron chi connectivity index (χ4n) is 11.1. The van der Waals surface area contributed by atoms with E-state index >= 15 is 0 Å². The van der Waals surface area contributed by atoms with Crippen molar-refractivity contribution in [1.82, 2.24) is 24.1 Å². The van der Waals surface area contributed by atoms with Gasteiger partial charge in [0.15, 0.2) is 17.5 Å². The van der Waals surface area contributed by atoms with Crippen molar-refractivity contribution in [3.8, 4) is 56.7 Å². The minimum atomic E-state index is 0.605. The Hall–Kier alpha value is -9.23. The van der Waals surface area contributed by atoms with Crippen molar-refractivity contribution in [3.05, 3.63) is 237 Å². The second-order valence-corrected chi connectivity index (χ2v) is 19.4. The molecule has 0 N–H and O–H groups in total. The van der Waals surface area contributed by atoms with Gasteiger partial charge in [0, 0.05) is 69.8 Å². The first-order valence-electron chi connectivity index (χ1n) is 24.0. The highest BCUT2D eigenvalue weighted by Gasteiger charge is 2.23. The molecule has 0 saturated carbocycles. The molecular weight excluding hydrogens is 883 g/mol. The van der Waals surface area contributed by atoms with Gasteiger partial charge >= 0.3 is 0 Å². The van der Waals surface area contributed by atoms with Gasteiger partial charge in [-0.25, -0.2) is 15.0 Å². The molecule has 11 aromatic carbocycles. The van der Waals surface area contributed by atoms with Gasteiger partial charge in [-0.15, -0.1) is 11.3 Å². The Morgan fingerprint density at radius 2 is 0.859 bits per heavy atom. The van der Waals surface area contributed by atoms with Crippen LogP contribution in [0.25, 0.3) is 142 Å². The van der Waals surface area contributed by atoms with Gasteiger partial charge in [-0.05, 0) is 105 Å². The lowest BCUT2D eigenvalue weighted by Crippen LogP contribution is -2.02. The van der Waals surface area contributed by atoms with E-state index in [9.17, 15) is 0 Å². The maximum atomic E-state index is 5.53. The van der Waals surface area contributed by atoms with Gasteiger partial charge in [-0.3, -0.25) is 0 Å². The molecule has 0 amide bonds. The van der Waals surface area contributed by atoms with E-state index < -0.39 is 0 Å². The highest BCUT2D eigenvalue weighted by molar-refractivity contribution is 7.26. The molecule has 0 saturated heterocycles. The molecule has 5 nitrogen and oxygen atoms in total. The molecule has 0 aliphatic heterocycles. The number of fused-ring (bicyclic) bond motifs is 12. The molecule has 15 rings (SSSR count). The lowest BCUT2D eigenvalue weighted by molar-refractivity contribution is 1.07. The normalized spacial score (nSPS) is 11.9. The molecule has 0 spiro atoms. The van der Waals surface area contributed by atoms with Crippen LogP contribution in [0.2, 0.25) is 0 Å². The molecule has 0 unspecified atom stereocenters. The van der Waals surface area contributed by atoms with Gasteiger partial charge in [0.2, 0.25) is 0 Å². The van der Waals surface area contributed by atoms with Gasteiger partial charge < -0.3 is 9.13 Å². The third-order valence-electron chi connectivity index (χ3n) is 14.3. The number of hydrogen-bond donors (Lipinski definition) is 0. The molecule has 71 heavy (non-hydrogen) atoms. The minimum Gasteiger partial charge on any atom is -0.309 e. The van der Waals surface area contributed by atoms with Crippen LogP contribution >= 0.6 is 11.3 Å². The summed E-state index contributed by atoms with van der Waals surface area (Å²) in [5.41, 5.74) is 11.6. The predicted molar refractivity (Wildman–Crippen MR) is 298 cm³/mol. The lowest BCUT2D eigenvalue weighted by Gasteiger charge is -2.17. The Morgan fingerprint density at radius 3 is 1.63 bits per heavy atom. The van der Waals surface area contributed by atoms with E-state index in [2.05, 4.69) is 228 Å². The summed E-state index contributed by atoms with van der Waals surface area (Å²) in [7, 11) is 0. The molecule has 0 aliphatic carbocycles. The van der Waals surface area contributed by atoms with E-state index in [4.69, 9.17) is 15.0 Å². The number of aromatic nitrogens is 5. The van der Waals surface area contributed by atoms with Crippen LogP contribution in [0, 0.1) is 0 Å². The van der Waals surface area contributed by atoms with Gasteiger partial charge in [-0.2, -0.15) is 0 Å². The quantitative estimate of drug-likeness (QED) is 0.167. The molecule has 4 heterocycles. The Kier molecular flexibility index (Phi) is 8.76. The smallest absolute Gasteiger partial charge is 0.164 e. The Morgan fingerprint density at radius 1 is 0.296 bits per heavy atom. The molecule has 0 fully saturated rings. The summed E-state index contributed by atoms with van der Waals surface area (Å²) in [6.45, 7) is 0. The number of hydrogen-bond acceptors (Lipinski definition) is 4. The molecule has 0 bridgehead atoms. The van der Waals surface area contributed by atoms with Crippen LogP contribution in [0.3, 0.4) is 0 Å². The molecule has 4 aromatic heterocycles. The SMILES string of the molecule is c1ccc(-c2nc(-c3ccc4c5ccccc5n(-c5ccccc5)c4c3)nc(-c3ccc(-n4c5ccccc5c5cc6ccccc6cc54)cc3-c3cc4ccccc4c4sc5ccccc5c34)n2)cc1. The highest BCUT2D eigenvalue weighted by Crippen LogP contribution is 2.47. The number of nitrogens with zero attached hydrogens (tertiary/aromatic N) is 5. The summed E-state index contributed by atoms with van der Waals surface area (Å²) in [5.74, 6) is 1.82. The van der Waals surface area contributed by atoms with Crippen molar-refractivity contribution in [3.63, 3.8) is 0 Å². The highest BCUT2D eigenvalue weighted by atomic mass is 32.1. The third kappa shape index (κ3) is 6.22. The first-order valence-corrected chi connectivity index (χ1v) is 24.8. The van der Waals surface area contributed by atoms with Crippen molar-refractivity contribution in [2.45, 2.75) is 0 Å². The second kappa shape index (κ2) is 15.7. The Balaban J connectivity index is 1.04. The number of benzene rings is 11. The van der Waals surface area contributed by atoms with E-state index in [0.717, 1.165) is 61.3 Å². The zero-order valence-electron chi connectivity index (χ0n) is 38.2. The largest absolute Gasteiger partial charge is 0.309 e. The van der Waals surface area contributed by atoms with Crippen molar-refractivity contribution in [2.75, 3.05) is 0 Å². The van der Waals surface area contributed by atoms with Crippen LogP contribution in [0.1, 0.15) is 0 Å². The monoisotopic (exact) mass is 921 g/mol. The Labute approximate surface area is 411 Å². The van der Waals surface area contributed by atoms with E-state index in [0.29, 0.717) is 17.5 Å². The predicted octanol–water partition coefficient (Wildman–Crippen LogP) is 17.4. The van der Waals surface area contributed by atoms with Gasteiger partial charge in [0.25, 0.3) is 0 Å². The summed E-state index contributed by atoms with van der Waals surface area (Å²) < 4.78 is 7.30. The average Bonchev–Trinajstić information content (AvgIpc) is 4.10. The first kappa shape index (κ1) is 39.7. The fraction of sp³-hybridized carbons (Fsp3) is 0. The van der Waals surface area contributed by atoms with Crippen LogP contribution in [-0.4, -0.2) is 24.1 Å². The second-order valence-electron chi connectivity index (χ2n) is 18.3. The van der Waals surface area contributed by atoms with Crippen LogP contribution in [0.5, 0.6) is 0 Å². The summed E-state index contributed by atoms with van der Waals surface area (Å²) in [6.07, 6.45) is 0. The molecule has 0 atom stereocenters. The lowest BCUT2D eigenvalue weighted by atomic mass is 9.91. The van der Waals surface area contributed by atoms with E-state index in [1.54, 1.807) is 0 Å². The van der Waals surface area contributed by atoms with Gasteiger partial charge in [-0.1, -0.05) is 164 Å². The summed E-state index contributed by atoms with van der Waals surface area (Å²) >= 11 is 1.86. The van der Waals surface area contributed by atoms with Crippen molar-refractivity contribution >= 4 is 96.7 Å². The Bertz CT molecular complexity index is 4640. The standard InChI is InChI=1S/C65H39N5S/c1-3-17-40(18-4-1)63-66-64(44-31-33-50-48-25-11-14-28-56(48)69(58(50)38-44)45-22-5-2-6-23-45)68-65(67-63)51-34-32-46(70-57-29-15-12-26-49(57)54-35-41-19-7-8-20-42(41)37-59(54)70)39-53(51)55-36-43-21-9-10-24-47(43)62-61(55)52-27-13-16-30-60(52)71-62/h1-39H. The zero-order chi connectivity index (χ0) is 46.6. The van der Waals surface area contributed by atoms with E-state index in [-0.39, 0.29) is 0 Å². The molecule has 0 aliphatic rings. The van der Waals surface area contributed by atoms with Crippen LogP contribution in [0.4, 0.5) is 0 Å². The summed E-state index contributed by atoms with van der Waals surface area (Å²) in [4.78, 5) is 16.3. The van der Waals surface area contributed by atoms with Crippen LogP contribution in [0.15, 0.2) is 237 Å². The first-order chi connectivity index (χ1) is 35.2. The fourth-order valence-corrected chi connectivity index (χ4v) is 12.4. The van der Waals surface area contributed by atoms with Crippen molar-refractivity contribution in [2.24, 2.45) is 0 Å².